The Kier molecular flexibility index (Phi) is 5.96. The highest BCUT2D eigenvalue weighted by atomic mass is 32.2. The van der Waals surface area contributed by atoms with Gasteiger partial charge in [-0.05, 0) is 31.4 Å². The summed E-state index contributed by atoms with van der Waals surface area (Å²) in [5.74, 6) is 0.402. The number of hydrogen-bond donors (Lipinski definition) is 0. The minimum Gasteiger partial charge on any atom is -0.354 e. The zero-order valence-corrected chi connectivity index (χ0v) is 18.7. The number of nitrogens with zero attached hydrogens (tertiary/aromatic N) is 3. The summed E-state index contributed by atoms with van der Waals surface area (Å²) in [5.41, 5.74) is 2.33. The lowest BCUT2D eigenvalue weighted by atomic mass is 10.00. The SMILES string of the molecule is CC1=C(c2ccccc2)S(=O)(=O)N=C1N1CCCN(C(=O)C(C)c2ccccc2)CC1. The van der Waals surface area contributed by atoms with Gasteiger partial charge in [0.15, 0.2) is 0 Å². The molecular formula is C24H27N3O3S. The van der Waals surface area contributed by atoms with Crippen molar-refractivity contribution in [2.45, 2.75) is 26.2 Å². The average molecular weight is 438 g/mol. The summed E-state index contributed by atoms with van der Waals surface area (Å²) >= 11 is 0. The zero-order valence-electron chi connectivity index (χ0n) is 17.9. The molecule has 0 aromatic heterocycles. The first kappa shape index (κ1) is 21.3. The standard InChI is InChI=1S/C24H27N3O3S/c1-18(20-10-5-3-6-11-20)24(28)27-15-9-14-26(16-17-27)23-19(2)22(31(29,30)25-23)21-12-7-4-8-13-21/h3-8,10-13,18H,9,14-17H2,1-2H3. The smallest absolute Gasteiger partial charge is 0.285 e. The van der Waals surface area contributed by atoms with Crippen LogP contribution in [0.25, 0.3) is 4.91 Å². The summed E-state index contributed by atoms with van der Waals surface area (Å²) in [6, 6.07) is 18.9. The van der Waals surface area contributed by atoms with Crippen LogP contribution in [-0.4, -0.2) is 56.1 Å². The van der Waals surface area contributed by atoms with Crippen molar-refractivity contribution in [3.8, 4) is 0 Å². The van der Waals surface area contributed by atoms with E-state index in [1.807, 2.05) is 72.2 Å². The van der Waals surface area contributed by atoms with Crippen LogP contribution in [0.5, 0.6) is 0 Å². The monoisotopic (exact) mass is 437 g/mol. The average Bonchev–Trinajstić information content (AvgIpc) is 2.93. The van der Waals surface area contributed by atoms with Crippen LogP contribution in [0.15, 0.2) is 70.6 Å². The quantitative estimate of drug-likeness (QED) is 0.737. The molecule has 2 aliphatic rings. The molecule has 2 aromatic carbocycles. The lowest BCUT2D eigenvalue weighted by molar-refractivity contribution is -0.132. The molecule has 0 saturated carbocycles. The molecule has 1 fully saturated rings. The fourth-order valence-corrected chi connectivity index (χ4v) is 5.76. The molecule has 2 heterocycles. The Morgan fingerprint density at radius 2 is 1.58 bits per heavy atom. The van der Waals surface area contributed by atoms with Crippen LogP contribution in [0.3, 0.4) is 0 Å². The molecule has 1 unspecified atom stereocenters. The fourth-order valence-electron chi connectivity index (χ4n) is 4.28. The number of amidine groups is 1. The van der Waals surface area contributed by atoms with Gasteiger partial charge in [0.05, 0.1) is 5.92 Å². The Labute approximate surface area is 184 Å². The molecule has 7 heteroatoms. The number of hydrogen-bond acceptors (Lipinski definition) is 4. The van der Waals surface area contributed by atoms with E-state index in [0.29, 0.717) is 43.2 Å². The minimum atomic E-state index is -3.73. The molecule has 0 bridgehead atoms. The Hall–Kier alpha value is -2.93. The van der Waals surface area contributed by atoms with Gasteiger partial charge >= 0.3 is 0 Å². The van der Waals surface area contributed by atoms with E-state index < -0.39 is 10.0 Å². The molecule has 6 nitrogen and oxygen atoms in total. The molecule has 1 saturated heterocycles. The molecule has 0 N–H and O–H groups in total. The minimum absolute atomic E-state index is 0.103. The zero-order chi connectivity index (χ0) is 22.0. The van der Waals surface area contributed by atoms with Crippen molar-refractivity contribution in [2.24, 2.45) is 4.40 Å². The van der Waals surface area contributed by atoms with E-state index in [2.05, 4.69) is 4.40 Å². The van der Waals surface area contributed by atoms with Crippen molar-refractivity contribution in [3.63, 3.8) is 0 Å². The third-order valence-corrected chi connectivity index (χ3v) is 7.42. The van der Waals surface area contributed by atoms with E-state index >= 15 is 0 Å². The van der Waals surface area contributed by atoms with Crippen molar-refractivity contribution >= 4 is 26.7 Å². The summed E-state index contributed by atoms with van der Waals surface area (Å²) in [7, 11) is -3.73. The first-order valence-electron chi connectivity index (χ1n) is 10.6. The summed E-state index contributed by atoms with van der Waals surface area (Å²) < 4.78 is 29.7. The Bertz CT molecular complexity index is 1130. The Balaban J connectivity index is 1.51. The fraction of sp³-hybridized carbons (Fsp3) is 0.333. The first-order chi connectivity index (χ1) is 14.9. The highest BCUT2D eigenvalue weighted by Crippen LogP contribution is 2.33. The lowest BCUT2D eigenvalue weighted by Gasteiger charge is -2.25. The normalized spacial score (nSPS) is 19.7. The van der Waals surface area contributed by atoms with Crippen molar-refractivity contribution in [2.75, 3.05) is 26.2 Å². The van der Waals surface area contributed by atoms with Crippen LogP contribution in [-0.2, 0) is 14.8 Å². The Morgan fingerprint density at radius 3 is 2.26 bits per heavy atom. The molecule has 0 radical (unpaired) electrons. The molecule has 1 atom stereocenters. The van der Waals surface area contributed by atoms with Crippen LogP contribution < -0.4 is 0 Å². The van der Waals surface area contributed by atoms with E-state index in [1.54, 1.807) is 12.1 Å². The maximum absolute atomic E-state index is 13.1. The molecule has 31 heavy (non-hydrogen) atoms. The Morgan fingerprint density at radius 1 is 0.935 bits per heavy atom. The van der Waals surface area contributed by atoms with Crippen LogP contribution in [0.2, 0.25) is 0 Å². The molecule has 4 rings (SSSR count). The van der Waals surface area contributed by atoms with Gasteiger partial charge in [-0.25, -0.2) is 0 Å². The maximum Gasteiger partial charge on any atom is 0.285 e. The van der Waals surface area contributed by atoms with Gasteiger partial charge in [0.25, 0.3) is 10.0 Å². The topological polar surface area (TPSA) is 70.1 Å². The molecule has 2 aliphatic heterocycles. The summed E-state index contributed by atoms with van der Waals surface area (Å²) in [5, 5.41) is 0. The van der Waals surface area contributed by atoms with Crippen molar-refractivity contribution in [3.05, 3.63) is 77.4 Å². The third kappa shape index (κ3) is 4.28. The second-order valence-electron chi connectivity index (χ2n) is 8.01. The van der Waals surface area contributed by atoms with Gasteiger partial charge in [0, 0.05) is 31.8 Å². The van der Waals surface area contributed by atoms with Crippen molar-refractivity contribution in [1.29, 1.82) is 0 Å². The highest BCUT2D eigenvalue weighted by molar-refractivity contribution is 8.00. The van der Waals surface area contributed by atoms with Crippen LogP contribution in [0, 0.1) is 0 Å². The van der Waals surface area contributed by atoms with Crippen molar-refractivity contribution in [1.82, 2.24) is 9.80 Å². The lowest BCUT2D eigenvalue weighted by Crippen LogP contribution is -2.39. The molecule has 0 aliphatic carbocycles. The number of amides is 1. The summed E-state index contributed by atoms with van der Waals surface area (Å²) in [6.45, 7) is 6.17. The van der Waals surface area contributed by atoms with Gasteiger partial charge in [-0.15, -0.1) is 4.40 Å². The molecule has 0 spiro atoms. The maximum atomic E-state index is 13.1. The largest absolute Gasteiger partial charge is 0.354 e. The highest BCUT2D eigenvalue weighted by Gasteiger charge is 2.34. The van der Waals surface area contributed by atoms with E-state index in [1.165, 1.54) is 0 Å². The van der Waals surface area contributed by atoms with Gasteiger partial charge in [-0.3, -0.25) is 4.79 Å². The van der Waals surface area contributed by atoms with Gasteiger partial charge in [0.1, 0.15) is 10.7 Å². The van der Waals surface area contributed by atoms with Crippen LogP contribution in [0.4, 0.5) is 0 Å². The molecule has 2 aromatic rings. The van der Waals surface area contributed by atoms with Gasteiger partial charge in [-0.2, -0.15) is 8.42 Å². The third-order valence-electron chi connectivity index (χ3n) is 5.95. The van der Waals surface area contributed by atoms with E-state index in [9.17, 15) is 13.2 Å². The van der Waals surface area contributed by atoms with E-state index in [0.717, 1.165) is 12.0 Å². The molecular weight excluding hydrogens is 410 g/mol. The second kappa shape index (κ2) is 8.67. The number of sulfonamides is 1. The molecule has 162 valence electrons. The predicted molar refractivity (Wildman–Crippen MR) is 123 cm³/mol. The number of rotatable bonds is 3. The summed E-state index contributed by atoms with van der Waals surface area (Å²) in [6.07, 6.45) is 0.764. The number of carbonyl (C=O) groups excluding carboxylic acids is 1. The van der Waals surface area contributed by atoms with Gasteiger partial charge < -0.3 is 9.80 Å². The number of carbonyl (C=O) groups is 1. The van der Waals surface area contributed by atoms with Gasteiger partial charge in [-0.1, -0.05) is 60.7 Å². The molecule has 1 amide bonds. The van der Waals surface area contributed by atoms with Crippen molar-refractivity contribution < 1.29 is 13.2 Å². The van der Waals surface area contributed by atoms with Crippen LogP contribution >= 0.6 is 0 Å². The van der Waals surface area contributed by atoms with E-state index in [4.69, 9.17) is 0 Å². The number of benzene rings is 2. The van der Waals surface area contributed by atoms with Crippen LogP contribution in [0.1, 0.15) is 37.3 Å². The van der Waals surface area contributed by atoms with E-state index in [-0.39, 0.29) is 16.7 Å². The first-order valence-corrected chi connectivity index (χ1v) is 12.0. The predicted octanol–water partition coefficient (Wildman–Crippen LogP) is 3.50. The second-order valence-corrected chi connectivity index (χ2v) is 9.55. The summed E-state index contributed by atoms with van der Waals surface area (Å²) in [4.78, 5) is 17.2. The van der Waals surface area contributed by atoms with Gasteiger partial charge in [0.2, 0.25) is 5.91 Å².